The van der Waals surface area contributed by atoms with Crippen molar-refractivity contribution in [3.8, 4) is 0 Å². The monoisotopic (exact) mass is 329 g/mol. The minimum Gasteiger partial charge on any atom is -0.472 e. The Hall–Kier alpha value is -2.15. The molecule has 0 N–H and O–H groups in total. The molecule has 0 unspecified atom stereocenters. The van der Waals surface area contributed by atoms with Crippen LogP contribution in [0.1, 0.15) is 41.3 Å². The van der Waals surface area contributed by atoms with Crippen molar-refractivity contribution >= 4 is 5.91 Å². The fraction of sp³-hybridized carbons (Fsp3) is 0.588. The largest absolute Gasteiger partial charge is 0.472 e. The number of carbonyl (C=O) groups is 1. The molecule has 0 radical (unpaired) electrons. The van der Waals surface area contributed by atoms with Crippen molar-refractivity contribution in [2.24, 2.45) is 0 Å². The lowest BCUT2D eigenvalue weighted by molar-refractivity contribution is 0.0623. The number of piperazine rings is 1. The zero-order chi connectivity index (χ0) is 16.4. The summed E-state index contributed by atoms with van der Waals surface area (Å²) in [5.41, 5.74) is 0.631. The number of nitrogens with zero attached hydrogens (tertiary/aromatic N) is 5. The number of hydrogen-bond acceptors (Lipinski definition) is 5. The molecule has 24 heavy (non-hydrogen) atoms. The maximum absolute atomic E-state index is 12.3. The Morgan fingerprint density at radius 3 is 2.75 bits per heavy atom. The Morgan fingerprint density at radius 1 is 1.08 bits per heavy atom. The second-order valence-corrected chi connectivity index (χ2v) is 6.58. The van der Waals surface area contributed by atoms with Crippen molar-refractivity contribution in [1.82, 2.24) is 24.6 Å². The highest BCUT2D eigenvalue weighted by Crippen LogP contribution is 2.16. The van der Waals surface area contributed by atoms with Gasteiger partial charge in [0.1, 0.15) is 17.9 Å². The molecular weight excluding hydrogens is 306 g/mol. The van der Waals surface area contributed by atoms with E-state index in [-0.39, 0.29) is 5.91 Å². The maximum atomic E-state index is 12.3. The summed E-state index contributed by atoms with van der Waals surface area (Å²) in [5, 5.41) is 8.78. The predicted molar refractivity (Wildman–Crippen MR) is 87.5 cm³/mol. The fourth-order valence-corrected chi connectivity index (χ4v) is 3.54. The van der Waals surface area contributed by atoms with Gasteiger partial charge in [-0.05, 0) is 18.9 Å². The first-order valence-corrected chi connectivity index (χ1v) is 8.76. The molecule has 0 atom stereocenters. The van der Waals surface area contributed by atoms with Crippen LogP contribution in [0.15, 0.2) is 23.0 Å². The van der Waals surface area contributed by atoms with E-state index in [0.717, 1.165) is 57.3 Å². The van der Waals surface area contributed by atoms with Crippen molar-refractivity contribution in [2.75, 3.05) is 26.2 Å². The van der Waals surface area contributed by atoms with E-state index >= 15 is 0 Å². The van der Waals surface area contributed by atoms with Crippen molar-refractivity contribution < 1.29 is 9.21 Å². The molecule has 1 saturated heterocycles. The molecule has 0 saturated carbocycles. The predicted octanol–water partition coefficient (Wildman–Crippen LogP) is 1.56. The van der Waals surface area contributed by atoms with Crippen LogP contribution >= 0.6 is 0 Å². The molecule has 0 spiro atoms. The average molecular weight is 329 g/mol. The number of fused-ring (bicyclic) bond motifs is 1. The molecule has 1 fully saturated rings. The van der Waals surface area contributed by atoms with E-state index in [9.17, 15) is 4.79 Å². The standard InChI is InChI=1S/C17H23N5O2/c23-17(14-5-11-24-13-14)21-9-7-20(8-10-21)12-16-19-18-15-4-2-1-3-6-22(15)16/h5,11,13H,1-4,6-10,12H2. The summed E-state index contributed by atoms with van der Waals surface area (Å²) < 4.78 is 7.31. The fourth-order valence-electron chi connectivity index (χ4n) is 3.54. The minimum atomic E-state index is 0.0553. The molecule has 1 amide bonds. The van der Waals surface area contributed by atoms with E-state index < -0.39 is 0 Å². The first kappa shape index (κ1) is 15.4. The number of aromatic nitrogens is 3. The van der Waals surface area contributed by atoms with Gasteiger partial charge < -0.3 is 13.9 Å². The van der Waals surface area contributed by atoms with Crippen LogP contribution in [0.4, 0.5) is 0 Å². The first-order valence-electron chi connectivity index (χ1n) is 8.76. The maximum Gasteiger partial charge on any atom is 0.257 e. The van der Waals surface area contributed by atoms with E-state index in [4.69, 9.17) is 4.42 Å². The first-order chi connectivity index (χ1) is 11.8. The van der Waals surface area contributed by atoms with E-state index in [1.165, 1.54) is 25.5 Å². The van der Waals surface area contributed by atoms with Crippen LogP contribution in [0, 0.1) is 0 Å². The summed E-state index contributed by atoms with van der Waals surface area (Å²) >= 11 is 0. The molecule has 2 aromatic heterocycles. The van der Waals surface area contributed by atoms with Gasteiger partial charge in [-0.3, -0.25) is 9.69 Å². The highest BCUT2D eigenvalue weighted by molar-refractivity contribution is 5.93. The summed E-state index contributed by atoms with van der Waals surface area (Å²) in [7, 11) is 0. The van der Waals surface area contributed by atoms with Crippen LogP contribution in [0.3, 0.4) is 0 Å². The number of aryl methyl sites for hydroxylation is 1. The summed E-state index contributed by atoms with van der Waals surface area (Å²) in [5.74, 6) is 2.26. The van der Waals surface area contributed by atoms with Crippen LogP contribution in [0.2, 0.25) is 0 Å². The Bertz CT molecular complexity index is 686. The molecular formula is C17H23N5O2. The SMILES string of the molecule is O=C(c1ccoc1)N1CCN(Cc2nnc3n2CCCCC3)CC1. The van der Waals surface area contributed by atoms with Gasteiger partial charge in [0.05, 0.1) is 18.4 Å². The molecule has 2 aliphatic rings. The second kappa shape index (κ2) is 6.76. The molecule has 128 valence electrons. The smallest absolute Gasteiger partial charge is 0.257 e. The number of rotatable bonds is 3. The van der Waals surface area contributed by atoms with Crippen molar-refractivity contribution in [2.45, 2.75) is 38.8 Å². The minimum absolute atomic E-state index is 0.0553. The van der Waals surface area contributed by atoms with Crippen LogP contribution < -0.4 is 0 Å². The number of furan rings is 1. The molecule has 0 aromatic carbocycles. The van der Waals surface area contributed by atoms with Gasteiger partial charge in [-0.25, -0.2) is 0 Å². The Morgan fingerprint density at radius 2 is 1.96 bits per heavy atom. The average Bonchev–Trinajstić information content (AvgIpc) is 3.21. The highest BCUT2D eigenvalue weighted by atomic mass is 16.3. The quantitative estimate of drug-likeness (QED) is 0.855. The van der Waals surface area contributed by atoms with Gasteiger partial charge in [-0.1, -0.05) is 6.42 Å². The van der Waals surface area contributed by atoms with E-state index in [1.807, 2.05) is 4.90 Å². The van der Waals surface area contributed by atoms with Gasteiger partial charge in [-0.15, -0.1) is 10.2 Å². The molecule has 7 nitrogen and oxygen atoms in total. The van der Waals surface area contributed by atoms with Gasteiger partial charge in [0.2, 0.25) is 0 Å². The summed E-state index contributed by atoms with van der Waals surface area (Å²) in [6.07, 6.45) is 7.80. The molecule has 0 bridgehead atoms. The third-order valence-electron chi connectivity index (χ3n) is 4.98. The zero-order valence-electron chi connectivity index (χ0n) is 13.9. The van der Waals surface area contributed by atoms with Crippen molar-refractivity contribution in [3.05, 3.63) is 35.8 Å². The van der Waals surface area contributed by atoms with Crippen molar-refractivity contribution in [1.29, 1.82) is 0 Å². The lowest BCUT2D eigenvalue weighted by Gasteiger charge is -2.34. The van der Waals surface area contributed by atoms with Gasteiger partial charge in [-0.2, -0.15) is 0 Å². The van der Waals surface area contributed by atoms with E-state index in [1.54, 1.807) is 12.3 Å². The topological polar surface area (TPSA) is 67.4 Å². The normalized spacial score (nSPS) is 19.1. The summed E-state index contributed by atoms with van der Waals surface area (Å²) in [4.78, 5) is 16.6. The van der Waals surface area contributed by atoms with Gasteiger partial charge in [0, 0.05) is 39.1 Å². The van der Waals surface area contributed by atoms with Crippen LogP contribution in [0.25, 0.3) is 0 Å². The lowest BCUT2D eigenvalue weighted by atomic mass is 10.2. The van der Waals surface area contributed by atoms with Gasteiger partial charge in [0.15, 0.2) is 0 Å². The number of hydrogen-bond donors (Lipinski definition) is 0. The molecule has 4 rings (SSSR count). The molecule has 2 aromatic rings. The van der Waals surface area contributed by atoms with Crippen LogP contribution in [0.5, 0.6) is 0 Å². The third kappa shape index (κ3) is 3.08. The molecule has 7 heteroatoms. The summed E-state index contributed by atoms with van der Waals surface area (Å²) in [6, 6.07) is 1.72. The Balaban J connectivity index is 1.35. The Kier molecular flexibility index (Phi) is 4.34. The van der Waals surface area contributed by atoms with E-state index in [2.05, 4.69) is 19.7 Å². The third-order valence-corrected chi connectivity index (χ3v) is 4.98. The van der Waals surface area contributed by atoms with Gasteiger partial charge in [0.25, 0.3) is 5.91 Å². The molecule has 0 aliphatic carbocycles. The lowest BCUT2D eigenvalue weighted by Crippen LogP contribution is -2.48. The van der Waals surface area contributed by atoms with Gasteiger partial charge >= 0.3 is 0 Å². The molecule has 4 heterocycles. The van der Waals surface area contributed by atoms with Crippen LogP contribution in [-0.4, -0.2) is 56.7 Å². The zero-order valence-corrected chi connectivity index (χ0v) is 13.9. The number of amides is 1. The van der Waals surface area contributed by atoms with E-state index in [0.29, 0.717) is 5.56 Å². The second-order valence-electron chi connectivity index (χ2n) is 6.58. The summed E-state index contributed by atoms with van der Waals surface area (Å²) in [6.45, 7) is 5.07. The van der Waals surface area contributed by atoms with Crippen LogP contribution in [-0.2, 0) is 19.5 Å². The molecule has 2 aliphatic heterocycles. The number of carbonyl (C=O) groups excluding carboxylic acids is 1. The van der Waals surface area contributed by atoms with Crippen molar-refractivity contribution in [3.63, 3.8) is 0 Å². The Labute approximate surface area is 141 Å². The highest BCUT2D eigenvalue weighted by Gasteiger charge is 2.24.